The van der Waals surface area contributed by atoms with Crippen LogP contribution in [0.25, 0.3) is 5.57 Å². The monoisotopic (exact) mass is 293 g/mol. The van der Waals surface area contributed by atoms with Crippen LogP contribution in [0.4, 0.5) is 0 Å². The van der Waals surface area contributed by atoms with E-state index in [1.165, 1.54) is 36.1 Å². The average Bonchev–Trinajstić information content (AvgIpc) is 2.94. The molecule has 2 unspecified atom stereocenters. The predicted molar refractivity (Wildman–Crippen MR) is 89.2 cm³/mol. The van der Waals surface area contributed by atoms with Gasteiger partial charge in [-0.3, -0.25) is 4.90 Å². The van der Waals surface area contributed by atoms with Crippen molar-refractivity contribution >= 4 is 5.57 Å². The van der Waals surface area contributed by atoms with Crippen LogP contribution in [0.2, 0.25) is 0 Å². The Balaban J connectivity index is 1.61. The maximum absolute atomic E-state index is 4.29. The van der Waals surface area contributed by atoms with E-state index in [-0.39, 0.29) is 0 Å². The molecule has 1 saturated heterocycles. The molecule has 0 saturated carbocycles. The lowest BCUT2D eigenvalue weighted by Gasteiger charge is -2.45. The zero-order valence-electron chi connectivity index (χ0n) is 13.2. The Morgan fingerprint density at radius 2 is 2.05 bits per heavy atom. The van der Waals surface area contributed by atoms with E-state index in [9.17, 15) is 0 Å². The lowest BCUT2D eigenvalue weighted by atomic mass is 9.84. The summed E-state index contributed by atoms with van der Waals surface area (Å²) in [5.74, 6) is 0. The predicted octanol–water partition coefficient (Wildman–Crippen LogP) is 3.63. The molecule has 3 heterocycles. The summed E-state index contributed by atoms with van der Waals surface area (Å²) in [4.78, 5) is 6.99. The number of nitrogens with zero attached hydrogens (tertiary/aromatic N) is 3. The second-order valence-electron chi connectivity index (χ2n) is 6.60. The van der Waals surface area contributed by atoms with E-state index < -0.39 is 0 Å². The number of fused-ring (bicyclic) bond motifs is 2. The molecule has 0 amide bonds. The van der Waals surface area contributed by atoms with Gasteiger partial charge >= 0.3 is 0 Å². The van der Waals surface area contributed by atoms with Crippen molar-refractivity contribution in [2.45, 2.75) is 44.3 Å². The Kier molecular flexibility index (Phi) is 3.59. The van der Waals surface area contributed by atoms with E-state index in [0.717, 1.165) is 13.0 Å². The van der Waals surface area contributed by atoms with E-state index in [2.05, 4.69) is 57.9 Å². The van der Waals surface area contributed by atoms with Gasteiger partial charge in [-0.2, -0.15) is 0 Å². The number of aryl methyl sites for hydroxylation is 1. The van der Waals surface area contributed by atoms with E-state index in [4.69, 9.17) is 0 Å². The van der Waals surface area contributed by atoms with Gasteiger partial charge in [0.2, 0.25) is 0 Å². The Morgan fingerprint density at radius 3 is 2.77 bits per heavy atom. The number of piperidine rings is 1. The zero-order valence-corrected chi connectivity index (χ0v) is 13.2. The van der Waals surface area contributed by atoms with Gasteiger partial charge in [0.05, 0.1) is 18.2 Å². The topological polar surface area (TPSA) is 21.1 Å². The molecule has 114 valence electrons. The van der Waals surface area contributed by atoms with Crippen LogP contribution in [0.1, 0.15) is 36.9 Å². The first-order chi connectivity index (χ1) is 10.8. The van der Waals surface area contributed by atoms with Gasteiger partial charge in [0.1, 0.15) is 0 Å². The standard InChI is InChI=1S/C19H23N3/c1-21-14-20-12-19(21)16-10-17-8-5-9-18(11-16)22(17)13-15-6-3-2-4-7-15/h2-4,6-7,10,12,14,17-18H,5,8-9,11,13H2,1H3. The van der Waals surface area contributed by atoms with Gasteiger partial charge < -0.3 is 4.57 Å². The van der Waals surface area contributed by atoms with Crippen molar-refractivity contribution in [3.8, 4) is 0 Å². The zero-order chi connectivity index (χ0) is 14.9. The van der Waals surface area contributed by atoms with E-state index in [0.29, 0.717) is 12.1 Å². The van der Waals surface area contributed by atoms with Crippen LogP contribution in [0.15, 0.2) is 48.9 Å². The first-order valence-corrected chi connectivity index (χ1v) is 8.28. The van der Waals surface area contributed by atoms with Crippen molar-refractivity contribution < 1.29 is 0 Å². The van der Waals surface area contributed by atoms with E-state index in [1.807, 2.05) is 12.5 Å². The maximum atomic E-state index is 4.29. The number of hydrogen-bond donors (Lipinski definition) is 0. The second-order valence-corrected chi connectivity index (χ2v) is 6.60. The summed E-state index contributed by atoms with van der Waals surface area (Å²) in [7, 11) is 2.09. The number of imidazole rings is 1. The van der Waals surface area contributed by atoms with Gasteiger partial charge in [-0.1, -0.05) is 42.8 Å². The molecule has 0 radical (unpaired) electrons. The average molecular weight is 293 g/mol. The fraction of sp³-hybridized carbons (Fsp3) is 0.421. The molecule has 3 heteroatoms. The number of rotatable bonds is 3. The van der Waals surface area contributed by atoms with Gasteiger partial charge in [-0.05, 0) is 30.4 Å². The second kappa shape index (κ2) is 5.73. The molecule has 2 bridgehead atoms. The molecule has 2 aliphatic rings. The summed E-state index contributed by atoms with van der Waals surface area (Å²) in [6.45, 7) is 1.07. The molecule has 1 aromatic heterocycles. The molecule has 3 nitrogen and oxygen atoms in total. The highest BCUT2D eigenvalue weighted by atomic mass is 15.2. The maximum Gasteiger partial charge on any atom is 0.0948 e. The molecule has 2 aromatic rings. The summed E-state index contributed by atoms with van der Waals surface area (Å²) >= 11 is 0. The van der Waals surface area contributed by atoms with E-state index >= 15 is 0 Å². The van der Waals surface area contributed by atoms with Crippen LogP contribution in [0, 0.1) is 0 Å². The molecule has 0 N–H and O–H groups in total. The summed E-state index contributed by atoms with van der Waals surface area (Å²) in [5, 5.41) is 0. The highest BCUT2D eigenvalue weighted by Crippen LogP contribution is 2.37. The number of aromatic nitrogens is 2. The van der Waals surface area contributed by atoms with Crippen LogP contribution in [0.5, 0.6) is 0 Å². The first kappa shape index (κ1) is 13.8. The molecular formula is C19H23N3. The third kappa shape index (κ3) is 2.50. The summed E-state index contributed by atoms with van der Waals surface area (Å²) in [6.07, 6.45) is 11.5. The smallest absolute Gasteiger partial charge is 0.0948 e. The Morgan fingerprint density at radius 1 is 1.18 bits per heavy atom. The first-order valence-electron chi connectivity index (χ1n) is 8.28. The highest BCUT2D eigenvalue weighted by molar-refractivity contribution is 5.65. The fourth-order valence-corrected chi connectivity index (χ4v) is 4.01. The highest BCUT2D eigenvalue weighted by Gasteiger charge is 2.34. The minimum atomic E-state index is 0.581. The largest absolute Gasteiger partial charge is 0.334 e. The van der Waals surface area contributed by atoms with Crippen molar-refractivity contribution in [2.75, 3.05) is 0 Å². The molecule has 0 aliphatic carbocycles. The SMILES string of the molecule is Cn1cncc1C1=CC2CCCC(C1)N2Cc1ccccc1. The minimum absolute atomic E-state index is 0.581. The summed E-state index contributed by atoms with van der Waals surface area (Å²) in [6, 6.07) is 12.1. The molecular weight excluding hydrogens is 270 g/mol. The summed E-state index contributed by atoms with van der Waals surface area (Å²) in [5.41, 5.74) is 4.20. The quantitative estimate of drug-likeness (QED) is 0.861. The molecule has 2 atom stereocenters. The number of benzene rings is 1. The van der Waals surface area contributed by atoms with Crippen molar-refractivity contribution in [2.24, 2.45) is 7.05 Å². The minimum Gasteiger partial charge on any atom is -0.334 e. The van der Waals surface area contributed by atoms with Crippen LogP contribution in [-0.4, -0.2) is 26.5 Å². The molecule has 1 fully saturated rings. The summed E-state index contributed by atoms with van der Waals surface area (Å²) < 4.78 is 2.15. The molecule has 0 spiro atoms. The fourth-order valence-electron chi connectivity index (χ4n) is 4.01. The Hall–Kier alpha value is -1.87. The Labute approximate surface area is 132 Å². The van der Waals surface area contributed by atoms with Gasteiger partial charge in [0.15, 0.2) is 0 Å². The molecule has 1 aromatic carbocycles. The van der Waals surface area contributed by atoms with Crippen LogP contribution < -0.4 is 0 Å². The molecule has 2 aliphatic heterocycles. The Bertz CT molecular complexity index is 671. The normalized spacial score (nSPS) is 25.0. The van der Waals surface area contributed by atoms with Gasteiger partial charge in [-0.25, -0.2) is 4.98 Å². The van der Waals surface area contributed by atoms with Crippen molar-refractivity contribution in [3.05, 3.63) is 60.2 Å². The third-order valence-electron chi connectivity index (χ3n) is 5.14. The van der Waals surface area contributed by atoms with Crippen LogP contribution in [-0.2, 0) is 13.6 Å². The van der Waals surface area contributed by atoms with Gasteiger partial charge in [0.25, 0.3) is 0 Å². The van der Waals surface area contributed by atoms with Crippen molar-refractivity contribution in [1.82, 2.24) is 14.5 Å². The van der Waals surface area contributed by atoms with Crippen LogP contribution >= 0.6 is 0 Å². The van der Waals surface area contributed by atoms with Crippen molar-refractivity contribution in [3.63, 3.8) is 0 Å². The lowest BCUT2D eigenvalue weighted by Crippen LogP contribution is -2.47. The number of hydrogen-bond acceptors (Lipinski definition) is 2. The third-order valence-corrected chi connectivity index (χ3v) is 5.14. The van der Waals surface area contributed by atoms with Crippen LogP contribution in [0.3, 0.4) is 0 Å². The van der Waals surface area contributed by atoms with Crippen molar-refractivity contribution in [1.29, 1.82) is 0 Å². The van der Waals surface area contributed by atoms with Gasteiger partial charge in [0, 0.05) is 25.7 Å². The molecule has 4 rings (SSSR count). The van der Waals surface area contributed by atoms with E-state index in [1.54, 1.807) is 0 Å². The lowest BCUT2D eigenvalue weighted by molar-refractivity contribution is 0.0950. The van der Waals surface area contributed by atoms with Gasteiger partial charge in [-0.15, -0.1) is 0 Å². The molecule has 22 heavy (non-hydrogen) atoms.